The highest BCUT2D eigenvalue weighted by atomic mass is 19.4. The molecular weight excluding hydrogens is 481 g/mol. The molecule has 0 aliphatic carbocycles. The number of hydrogen-bond acceptors (Lipinski definition) is 8. The van der Waals surface area contributed by atoms with Crippen LogP contribution in [0.2, 0.25) is 0 Å². The summed E-state index contributed by atoms with van der Waals surface area (Å²) >= 11 is 0. The van der Waals surface area contributed by atoms with Gasteiger partial charge in [0.05, 0.1) is 29.4 Å². The van der Waals surface area contributed by atoms with Crippen LogP contribution >= 0.6 is 0 Å². The number of benzene rings is 1. The number of imide groups is 1. The van der Waals surface area contributed by atoms with E-state index in [9.17, 15) is 22.8 Å². The van der Waals surface area contributed by atoms with Gasteiger partial charge < -0.3 is 9.26 Å². The fourth-order valence-corrected chi connectivity index (χ4v) is 3.24. The number of aryl methyl sites for hydroxylation is 1. The minimum absolute atomic E-state index is 0.0124. The molecule has 2 amide bonds. The van der Waals surface area contributed by atoms with Gasteiger partial charge >= 0.3 is 6.18 Å². The van der Waals surface area contributed by atoms with E-state index < -0.39 is 23.6 Å². The predicted octanol–water partition coefficient (Wildman–Crippen LogP) is 3.34. The van der Waals surface area contributed by atoms with Crippen LogP contribution in [0.25, 0.3) is 22.8 Å². The number of carbonyl (C=O) groups excluding carboxylic acids is 2. The number of amides is 2. The molecule has 4 rings (SSSR count). The molecule has 0 aliphatic heterocycles. The zero-order chi connectivity index (χ0) is 25.9. The minimum Gasteiger partial charge on any atom is -0.471 e. The molecule has 0 saturated heterocycles. The van der Waals surface area contributed by atoms with E-state index in [0.717, 1.165) is 12.1 Å². The number of carbonyl (C=O) groups is 2. The van der Waals surface area contributed by atoms with Crippen LogP contribution in [0, 0.1) is 0 Å². The van der Waals surface area contributed by atoms with Gasteiger partial charge in [0.2, 0.25) is 23.5 Å². The van der Waals surface area contributed by atoms with Gasteiger partial charge in [0.15, 0.2) is 0 Å². The van der Waals surface area contributed by atoms with Crippen molar-refractivity contribution in [3.8, 4) is 28.7 Å². The maximum Gasteiger partial charge on any atom is 0.417 e. The number of nitrogens with zero attached hydrogens (tertiary/aromatic N) is 5. The van der Waals surface area contributed by atoms with Gasteiger partial charge in [0, 0.05) is 31.8 Å². The highest BCUT2D eigenvalue weighted by molar-refractivity contribution is 5.94. The Hall–Kier alpha value is -4.55. The average molecular weight is 500 g/mol. The van der Waals surface area contributed by atoms with Crippen molar-refractivity contribution < 1.29 is 32.0 Å². The van der Waals surface area contributed by atoms with Gasteiger partial charge in [-0.25, -0.2) is 4.98 Å². The molecule has 186 valence electrons. The standard InChI is InChI=1S/C23H19F3N6O4/c1-13(33)29-19(34)9-14-3-5-15(6-4-14)21-30-22(36-31-21)17-11-28-32(2)18(17)12-35-20-8-7-16(10-27-20)23(24,25)26/h3-8,10-11H,9,12H2,1-2H3,(H,29,33,34). The molecule has 0 spiro atoms. The van der Waals surface area contributed by atoms with E-state index >= 15 is 0 Å². The smallest absolute Gasteiger partial charge is 0.417 e. The number of hydrogen-bond donors (Lipinski definition) is 1. The normalized spacial score (nSPS) is 11.4. The Morgan fingerprint density at radius 3 is 2.50 bits per heavy atom. The summed E-state index contributed by atoms with van der Waals surface area (Å²) < 4.78 is 50.6. The third-order valence-electron chi connectivity index (χ3n) is 5.03. The van der Waals surface area contributed by atoms with Crippen molar-refractivity contribution in [2.45, 2.75) is 26.1 Å². The molecular formula is C23H19F3N6O4. The van der Waals surface area contributed by atoms with E-state index in [0.29, 0.717) is 34.4 Å². The molecule has 0 saturated carbocycles. The van der Waals surface area contributed by atoms with Crippen molar-refractivity contribution in [3.05, 3.63) is 65.6 Å². The van der Waals surface area contributed by atoms with Crippen LogP contribution in [-0.2, 0) is 35.8 Å². The van der Waals surface area contributed by atoms with Crippen LogP contribution in [0.15, 0.2) is 53.3 Å². The maximum absolute atomic E-state index is 12.7. The summed E-state index contributed by atoms with van der Waals surface area (Å²) in [5.41, 5.74) is 1.49. The molecule has 36 heavy (non-hydrogen) atoms. The Morgan fingerprint density at radius 2 is 1.86 bits per heavy atom. The first-order valence-corrected chi connectivity index (χ1v) is 10.5. The third-order valence-corrected chi connectivity index (χ3v) is 5.03. The van der Waals surface area contributed by atoms with Gasteiger partial charge in [-0.3, -0.25) is 19.6 Å². The quantitative estimate of drug-likeness (QED) is 0.410. The summed E-state index contributed by atoms with van der Waals surface area (Å²) in [6.45, 7) is 1.21. The average Bonchev–Trinajstić information content (AvgIpc) is 3.44. The van der Waals surface area contributed by atoms with Gasteiger partial charge in [0.1, 0.15) is 6.61 Å². The summed E-state index contributed by atoms with van der Waals surface area (Å²) in [4.78, 5) is 30.8. The highest BCUT2D eigenvalue weighted by Gasteiger charge is 2.30. The van der Waals surface area contributed by atoms with Crippen molar-refractivity contribution in [1.82, 2.24) is 30.2 Å². The maximum atomic E-state index is 12.7. The molecule has 0 aliphatic rings. The van der Waals surface area contributed by atoms with Crippen molar-refractivity contribution in [2.75, 3.05) is 0 Å². The molecule has 3 aromatic heterocycles. The lowest BCUT2D eigenvalue weighted by Gasteiger charge is -2.09. The first-order chi connectivity index (χ1) is 17.1. The zero-order valence-corrected chi connectivity index (χ0v) is 19.0. The molecule has 0 atom stereocenters. The van der Waals surface area contributed by atoms with Gasteiger partial charge in [-0.15, -0.1) is 0 Å². The van der Waals surface area contributed by atoms with Crippen LogP contribution in [-0.4, -0.2) is 36.7 Å². The van der Waals surface area contributed by atoms with E-state index in [-0.39, 0.29) is 24.8 Å². The number of alkyl halides is 3. The predicted molar refractivity (Wildman–Crippen MR) is 118 cm³/mol. The van der Waals surface area contributed by atoms with Crippen LogP contribution < -0.4 is 10.1 Å². The molecule has 0 fully saturated rings. The van der Waals surface area contributed by atoms with E-state index in [4.69, 9.17) is 9.26 Å². The van der Waals surface area contributed by atoms with Crippen LogP contribution in [0.3, 0.4) is 0 Å². The first kappa shape index (κ1) is 24.6. The van der Waals surface area contributed by atoms with Gasteiger partial charge in [-0.2, -0.15) is 23.3 Å². The third kappa shape index (κ3) is 5.74. The molecule has 0 radical (unpaired) electrons. The second-order valence-corrected chi connectivity index (χ2v) is 7.70. The number of nitrogens with one attached hydrogen (secondary N) is 1. The Kier molecular flexibility index (Phi) is 6.81. The van der Waals surface area contributed by atoms with Crippen molar-refractivity contribution in [2.24, 2.45) is 7.05 Å². The van der Waals surface area contributed by atoms with Crippen LogP contribution in [0.4, 0.5) is 13.2 Å². The molecule has 1 aromatic carbocycles. The fraction of sp³-hybridized carbons (Fsp3) is 0.217. The Morgan fingerprint density at radius 1 is 1.11 bits per heavy atom. The molecule has 0 bridgehead atoms. The number of pyridine rings is 1. The Balaban J connectivity index is 1.46. The second-order valence-electron chi connectivity index (χ2n) is 7.70. The lowest BCUT2D eigenvalue weighted by Crippen LogP contribution is -2.29. The number of aromatic nitrogens is 5. The summed E-state index contributed by atoms with van der Waals surface area (Å²) in [6.07, 6.45) is -2.23. The lowest BCUT2D eigenvalue weighted by molar-refractivity contribution is -0.138. The SMILES string of the molecule is CC(=O)NC(=O)Cc1ccc(-c2noc(-c3cnn(C)c3COc3ccc(C(F)(F)F)cn3)n2)cc1. The summed E-state index contributed by atoms with van der Waals surface area (Å²) in [6, 6.07) is 8.88. The van der Waals surface area contributed by atoms with Crippen LogP contribution in [0.5, 0.6) is 5.88 Å². The monoisotopic (exact) mass is 500 g/mol. The van der Waals surface area contributed by atoms with Crippen molar-refractivity contribution in [3.63, 3.8) is 0 Å². The molecule has 3 heterocycles. The lowest BCUT2D eigenvalue weighted by atomic mass is 10.1. The molecule has 10 nitrogen and oxygen atoms in total. The Bertz CT molecular complexity index is 1380. The highest BCUT2D eigenvalue weighted by Crippen LogP contribution is 2.30. The number of ether oxygens (including phenoxy) is 1. The van der Waals surface area contributed by atoms with Crippen molar-refractivity contribution >= 4 is 11.8 Å². The Labute approximate surface area is 202 Å². The summed E-state index contributed by atoms with van der Waals surface area (Å²) in [5, 5.41) is 10.4. The molecule has 1 N–H and O–H groups in total. The van der Waals surface area contributed by atoms with E-state index in [1.165, 1.54) is 17.8 Å². The van der Waals surface area contributed by atoms with Crippen molar-refractivity contribution in [1.29, 1.82) is 0 Å². The van der Waals surface area contributed by atoms with Gasteiger partial charge in [-0.05, 0) is 11.6 Å². The number of rotatable bonds is 7. The second kappa shape index (κ2) is 9.98. The van der Waals surface area contributed by atoms with Gasteiger partial charge in [0.25, 0.3) is 5.89 Å². The van der Waals surface area contributed by atoms with Gasteiger partial charge in [-0.1, -0.05) is 29.4 Å². The zero-order valence-electron chi connectivity index (χ0n) is 19.0. The summed E-state index contributed by atoms with van der Waals surface area (Å²) in [7, 11) is 1.67. The first-order valence-electron chi connectivity index (χ1n) is 10.5. The topological polar surface area (TPSA) is 125 Å². The minimum atomic E-state index is -4.49. The van der Waals surface area contributed by atoms with E-state index in [1.54, 1.807) is 31.3 Å². The van der Waals surface area contributed by atoms with E-state index in [2.05, 4.69) is 25.5 Å². The fourth-order valence-electron chi connectivity index (χ4n) is 3.24. The number of halogens is 3. The van der Waals surface area contributed by atoms with Crippen LogP contribution in [0.1, 0.15) is 23.7 Å². The molecule has 13 heteroatoms. The molecule has 0 unspecified atom stereocenters. The molecule has 4 aromatic rings. The van der Waals surface area contributed by atoms with E-state index in [1.807, 2.05) is 0 Å². The summed E-state index contributed by atoms with van der Waals surface area (Å²) in [5.74, 6) is -0.355. The largest absolute Gasteiger partial charge is 0.471 e.